The van der Waals surface area contributed by atoms with Gasteiger partial charge in [-0.05, 0) is 32.4 Å². The predicted octanol–water partition coefficient (Wildman–Crippen LogP) is 2.85. The molecular weight excluding hydrogens is 302 g/mol. The van der Waals surface area contributed by atoms with Gasteiger partial charge >= 0.3 is 0 Å². The Kier molecular flexibility index (Phi) is 5.38. The van der Waals surface area contributed by atoms with Crippen LogP contribution in [0.3, 0.4) is 0 Å². The minimum atomic E-state index is 0.367. The number of hydrogen-bond acceptors (Lipinski definition) is 5. The first-order chi connectivity index (χ1) is 11.7. The van der Waals surface area contributed by atoms with Crippen LogP contribution in [0.5, 0.6) is 0 Å². The maximum atomic E-state index is 5.32. The molecule has 2 heterocycles. The van der Waals surface area contributed by atoms with E-state index in [4.69, 9.17) is 4.52 Å². The van der Waals surface area contributed by atoms with Crippen molar-refractivity contribution >= 4 is 0 Å². The Labute approximate surface area is 141 Å². The topological polar surface area (TPSA) is 68.8 Å². The zero-order valence-electron chi connectivity index (χ0n) is 14.1. The van der Waals surface area contributed by atoms with E-state index >= 15 is 0 Å². The molecule has 2 aromatic heterocycles. The van der Waals surface area contributed by atoms with E-state index in [0.717, 1.165) is 31.5 Å². The van der Waals surface area contributed by atoms with E-state index in [9.17, 15) is 0 Å². The fourth-order valence-corrected chi connectivity index (χ4v) is 2.56. The lowest BCUT2D eigenvalue weighted by atomic mass is 10.2. The van der Waals surface area contributed by atoms with Gasteiger partial charge in [-0.3, -0.25) is 4.68 Å². The van der Waals surface area contributed by atoms with E-state index in [2.05, 4.69) is 40.6 Å². The summed E-state index contributed by atoms with van der Waals surface area (Å²) in [4.78, 5) is 4.45. The molecule has 0 aliphatic rings. The van der Waals surface area contributed by atoms with Crippen molar-refractivity contribution in [2.45, 2.75) is 39.3 Å². The van der Waals surface area contributed by atoms with Crippen LogP contribution in [0.25, 0.3) is 11.4 Å². The van der Waals surface area contributed by atoms with Crippen LogP contribution in [-0.4, -0.2) is 32.5 Å². The number of benzene rings is 1. The highest BCUT2D eigenvalue weighted by Crippen LogP contribution is 2.15. The first kappa shape index (κ1) is 16.4. The normalized spacial score (nSPS) is 12.4. The number of rotatable bonds is 8. The van der Waals surface area contributed by atoms with Crippen molar-refractivity contribution in [2.75, 3.05) is 6.54 Å². The molecule has 1 atom stereocenters. The Morgan fingerprint density at radius 1 is 1.25 bits per heavy atom. The van der Waals surface area contributed by atoms with Gasteiger partial charge in [0.1, 0.15) is 0 Å². The highest BCUT2D eigenvalue weighted by atomic mass is 16.5. The molecule has 3 rings (SSSR count). The summed E-state index contributed by atoms with van der Waals surface area (Å²) < 4.78 is 7.29. The predicted molar refractivity (Wildman–Crippen MR) is 92.5 cm³/mol. The molecule has 0 aliphatic carbocycles. The van der Waals surface area contributed by atoms with Crippen LogP contribution in [0, 0.1) is 6.92 Å². The molecule has 0 saturated heterocycles. The van der Waals surface area contributed by atoms with Crippen LogP contribution in [-0.2, 0) is 13.0 Å². The average molecular weight is 325 g/mol. The van der Waals surface area contributed by atoms with Gasteiger partial charge in [-0.1, -0.05) is 35.5 Å². The molecule has 0 aliphatic heterocycles. The fraction of sp³-hybridized carbons (Fsp3) is 0.389. The SMILES string of the molecule is Cc1cnn(C[C@H](C)NCCCc2nc(-c3ccccc3)no2)c1. The van der Waals surface area contributed by atoms with Gasteiger partial charge in [0.25, 0.3) is 0 Å². The Morgan fingerprint density at radius 2 is 2.08 bits per heavy atom. The van der Waals surface area contributed by atoms with Gasteiger partial charge < -0.3 is 9.84 Å². The Bertz CT molecular complexity index is 750. The van der Waals surface area contributed by atoms with Gasteiger partial charge in [0.2, 0.25) is 11.7 Å². The molecule has 0 bridgehead atoms. The molecule has 24 heavy (non-hydrogen) atoms. The maximum Gasteiger partial charge on any atom is 0.227 e. The molecule has 126 valence electrons. The van der Waals surface area contributed by atoms with E-state index < -0.39 is 0 Å². The Hall–Kier alpha value is -2.47. The lowest BCUT2D eigenvalue weighted by Gasteiger charge is -2.13. The van der Waals surface area contributed by atoms with E-state index in [0.29, 0.717) is 17.8 Å². The first-order valence-corrected chi connectivity index (χ1v) is 8.31. The summed E-state index contributed by atoms with van der Waals surface area (Å²) in [5, 5.41) is 11.8. The van der Waals surface area contributed by atoms with Crippen LogP contribution >= 0.6 is 0 Å². The summed E-state index contributed by atoms with van der Waals surface area (Å²) in [5.41, 5.74) is 2.17. The van der Waals surface area contributed by atoms with Crippen LogP contribution < -0.4 is 5.32 Å². The summed E-state index contributed by atoms with van der Waals surface area (Å²) in [6.07, 6.45) is 5.67. The number of hydrogen-bond donors (Lipinski definition) is 1. The third-order valence-corrected chi connectivity index (χ3v) is 3.78. The molecule has 3 aromatic rings. The summed E-state index contributed by atoms with van der Waals surface area (Å²) in [7, 11) is 0. The summed E-state index contributed by atoms with van der Waals surface area (Å²) in [5.74, 6) is 1.34. The highest BCUT2D eigenvalue weighted by molar-refractivity contribution is 5.53. The summed E-state index contributed by atoms with van der Waals surface area (Å²) in [6, 6.07) is 10.2. The highest BCUT2D eigenvalue weighted by Gasteiger charge is 2.08. The summed E-state index contributed by atoms with van der Waals surface area (Å²) in [6.45, 7) is 5.99. The molecule has 1 N–H and O–H groups in total. The van der Waals surface area contributed by atoms with Crippen molar-refractivity contribution in [2.24, 2.45) is 0 Å². The standard InChI is InChI=1S/C18H23N5O/c1-14-11-20-23(12-14)13-15(2)19-10-6-9-17-21-18(22-24-17)16-7-4-3-5-8-16/h3-5,7-8,11-12,15,19H,6,9-10,13H2,1-2H3/t15-/m0/s1. The number of nitrogens with zero attached hydrogens (tertiary/aromatic N) is 4. The molecule has 0 radical (unpaired) electrons. The zero-order valence-corrected chi connectivity index (χ0v) is 14.1. The third-order valence-electron chi connectivity index (χ3n) is 3.78. The Morgan fingerprint density at radius 3 is 2.83 bits per heavy atom. The second-order valence-corrected chi connectivity index (χ2v) is 6.08. The van der Waals surface area contributed by atoms with Crippen molar-refractivity contribution in [3.05, 3.63) is 54.2 Å². The molecule has 1 aromatic carbocycles. The van der Waals surface area contributed by atoms with Crippen LogP contribution in [0.4, 0.5) is 0 Å². The minimum Gasteiger partial charge on any atom is -0.339 e. The summed E-state index contributed by atoms with van der Waals surface area (Å²) >= 11 is 0. The van der Waals surface area contributed by atoms with Crippen molar-refractivity contribution < 1.29 is 4.52 Å². The van der Waals surface area contributed by atoms with Crippen LogP contribution in [0.1, 0.15) is 24.8 Å². The lowest BCUT2D eigenvalue weighted by molar-refractivity contribution is 0.371. The number of aryl methyl sites for hydroxylation is 2. The van der Waals surface area contributed by atoms with Crippen LogP contribution in [0.15, 0.2) is 47.2 Å². The second kappa shape index (κ2) is 7.88. The van der Waals surface area contributed by atoms with E-state index in [1.165, 1.54) is 5.56 Å². The Balaban J connectivity index is 1.40. The largest absolute Gasteiger partial charge is 0.339 e. The van der Waals surface area contributed by atoms with Gasteiger partial charge in [0, 0.05) is 24.2 Å². The quantitative estimate of drug-likeness (QED) is 0.645. The zero-order chi connectivity index (χ0) is 16.8. The van der Waals surface area contributed by atoms with Gasteiger partial charge in [0.05, 0.1) is 12.7 Å². The number of aromatic nitrogens is 4. The van der Waals surface area contributed by atoms with Gasteiger partial charge in [-0.25, -0.2) is 0 Å². The third kappa shape index (κ3) is 4.52. The van der Waals surface area contributed by atoms with E-state index in [-0.39, 0.29) is 0 Å². The minimum absolute atomic E-state index is 0.367. The molecule has 0 spiro atoms. The fourth-order valence-electron chi connectivity index (χ4n) is 2.56. The molecule has 0 unspecified atom stereocenters. The lowest BCUT2D eigenvalue weighted by Crippen LogP contribution is -2.31. The monoisotopic (exact) mass is 325 g/mol. The first-order valence-electron chi connectivity index (χ1n) is 8.31. The maximum absolute atomic E-state index is 5.32. The smallest absolute Gasteiger partial charge is 0.227 e. The van der Waals surface area contributed by atoms with Crippen LogP contribution in [0.2, 0.25) is 0 Å². The molecule has 0 fully saturated rings. The molecule has 0 amide bonds. The van der Waals surface area contributed by atoms with Crippen molar-refractivity contribution in [1.82, 2.24) is 25.2 Å². The van der Waals surface area contributed by atoms with Gasteiger partial charge in [-0.15, -0.1) is 0 Å². The molecular formula is C18H23N5O. The van der Waals surface area contributed by atoms with Crippen molar-refractivity contribution in [3.63, 3.8) is 0 Å². The van der Waals surface area contributed by atoms with E-state index in [1.54, 1.807) is 0 Å². The number of nitrogens with one attached hydrogen (secondary N) is 1. The molecule has 0 saturated carbocycles. The molecule has 6 heteroatoms. The second-order valence-electron chi connectivity index (χ2n) is 6.08. The van der Waals surface area contributed by atoms with Gasteiger partial charge in [-0.2, -0.15) is 10.1 Å². The van der Waals surface area contributed by atoms with Gasteiger partial charge in [0.15, 0.2) is 0 Å². The van der Waals surface area contributed by atoms with E-state index in [1.807, 2.05) is 41.2 Å². The van der Waals surface area contributed by atoms with Crippen molar-refractivity contribution in [1.29, 1.82) is 0 Å². The van der Waals surface area contributed by atoms with Crippen molar-refractivity contribution in [3.8, 4) is 11.4 Å². The average Bonchev–Trinajstić information content (AvgIpc) is 3.22. The molecule has 6 nitrogen and oxygen atoms in total.